The average molecular weight is 470 g/mol. The third-order valence-electron chi connectivity index (χ3n) is 9.56. The Kier molecular flexibility index (Phi) is 4.76. The van der Waals surface area contributed by atoms with Crippen LogP contribution in [0.5, 0.6) is 11.5 Å². The lowest BCUT2D eigenvalue weighted by Gasteiger charge is -2.60. The van der Waals surface area contributed by atoms with Crippen LogP contribution in [0.15, 0.2) is 12.1 Å². The van der Waals surface area contributed by atoms with Crippen molar-refractivity contribution in [1.82, 2.24) is 15.1 Å². The predicted molar refractivity (Wildman–Crippen MR) is 124 cm³/mol. The number of aliphatic hydroxyl groups is 1. The Morgan fingerprint density at radius 3 is 2.91 bits per heavy atom. The highest BCUT2D eigenvalue weighted by Crippen LogP contribution is 2.63. The van der Waals surface area contributed by atoms with Crippen molar-refractivity contribution in [1.29, 1.82) is 0 Å². The van der Waals surface area contributed by atoms with Crippen LogP contribution in [0.25, 0.3) is 0 Å². The van der Waals surface area contributed by atoms with E-state index in [9.17, 15) is 15.0 Å². The van der Waals surface area contributed by atoms with Crippen molar-refractivity contribution in [2.75, 3.05) is 45.9 Å². The van der Waals surface area contributed by atoms with E-state index in [1.807, 2.05) is 11.0 Å². The molecule has 2 bridgehead atoms. The van der Waals surface area contributed by atoms with Crippen LogP contribution < -0.4 is 10.1 Å². The normalized spacial score (nSPS) is 38.7. The maximum Gasteiger partial charge on any atom is 0.224 e. The van der Waals surface area contributed by atoms with E-state index in [2.05, 4.69) is 10.2 Å². The van der Waals surface area contributed by atoms with Crippen LogP contribution in [0.1, 0.15) is 43.2 Å². The first kappa shape index (κ1) is 21.4. The van der Waals surface area contributed by atoms with Crippen molar-refractivity contribution in [3.8, 4) is 11.5 Å². The number of benzene rings is 1. The molecule has 8 nitrogen and oxygen atoms in total. The van der Waals surface area contributed by atoms with Gasteiger partial charge in [-0.2, -0.15) is 0 Å². The molecule has 6 aliphatic rings. The minimum atomic E-state index is -0.988. The lowest BCUT2D eigenvalue weighted by Crippen LogP contribution is -2.74. The van der Waals surface area contributed by atoms with Crippen LogP contribution in [-0.2, 0) is 21.4 Å². The van der Waals surface area contributed by atoms with E-state index in [-0.39, 0.29) is 29.8 Å². The molecule has 1 aromatic carbocycles. The van der Waals surface area contributed by atoms with Gasteiger partial charge in [0.1, 0.15) is 6.10 Å². The largest absolute Gasteiger partial charge is 0.504 e. The summed E-state index contributed by atoms with van der Waals surface area (Å²) in [6.07, 6.45) is 4.70. The SMILES string of the molecule is O=C(C[C@H]1COCCN1)N1CC[C@@]2(O)[C@H]3Cc4ccc(O)c5c4[C@@]2(CCN3CC2CC2)[C@H](C1)O5. The molecule has 34 heavy (non-hydrogen) atoms. The summed E-state index contributed by atoms with van der Waals surface area (Å²) in [4.78, 5) is 17.8. The van der Waals surface area contributed by atoms with Gasteiger partial charge in [0.15, 0.2) is 11.5 Å². The van der Waals surface area contributed by atoms with Gasteiger partial charge in [0.25, 0.3) is 0 Å². The smallest absolute Gasteiger partial charge is 0.224 e. The summed E-state index contributed by atoms with van der Waals surface area (Å²) in [6, 6.07) is 3.80. The first-order chi connectivity index (χ1) is 16.5. The lowest BCUT2D eigenvalue weighted by atomic mass is 9.52. The van der Waals surface area contributed by atoms with Gasteiger partial charge in [-0.1, -0.05) is 6.07 Å². The van der Waals surface area contributed by atoms with E-state index in [1.54, 1.807) is 6.07 Å². The summed E-state index contributed by atoms with van der Waals surface area (Å²) in [7, 11) is 0. The Labute approximate surface area is 200 Å². The van der Waals surface area contributed by atoms with E-state index in [4.69, 9.17) is 9.47 Å². The van der Waals surface area contributed by atoms with Gasteiger partial charge in [-0.15, -0.1) is 0 Å². The molecule has 3 saturated heterocycles. The van der Waals surface area contributed by atoms with E-state index in [0.29, 0.717) is 44.9 Å². The van der Waals surface area contributed by atoms with Gasteiger partial charge < -0.3 is 29.9 Å². The number of phenolic OH excluding ortho intramolecular Hbond substituents is 1. The second kappa shape index (κ2) is 7.56. The van der Waals surface area contributed by atoms with Crippen LogP contribution in [0.3, 0.4) is 0 Å². The molecule has 1 saturated carbocycles. The van der Waals surface area contributed by atoms with Gasteiger partial charge in [0, 0.05) is 43.7 Å². The lowest BCUT2D eigenvalue weighted by molar-refractivity contribution is -0.162. The number of rotatable bonds is 4. The Balaban J connectivity index is 1.26. The molecule has 3 N–H and O–H groups in total. The number of piperidine rings is 1. The topological polar surface area (TPSA) is 94.5 Å². The molecule has 7 rings (SSSR count). The second-order valence-corrected chi connectivity index (χ2v) is 11.4. The molecular weight excluding hydrogens is 434 g/mol. The fourth-order valence-corrected chi connectivity index (χ4v) is 7.72. The van der Waals surface area contributed by atoms with Crippen molar-refractivity contribution >= 4 is 5.91 Å². The van der Waals surface area contributed by atoms with Crippen LogP contribution in [0.4, 0.5) is 0 Å². The quantitative estimate of drug-likeness (QED) is 0.600. The number of nitrogens with one attached hydrogen (secondary N) is 1. The number of aromatic hydroxyl groups is 1. The number of morpholine rings is 1. The molecule has 0 radical (unpaired) electrons. The second-order valence-electron chi connectivity index (χ2n) is 11.4. The minimum absolute atomic E-state index is 0.0133. The molecule has 0 aromatic heterocycles. The van der Waals surface area contributed by atoms with E-state index >= 15 is 0 Å². The molecule has 4 heterocycles. The van der Waals surface area contributed by atoms with Crippen molar-refractivity contribution in [2.45, 2.75) is 67.7 Å². The number of carbonyl (C=O) groups is 1. The molecule has 1 amide bonds. The molecule has 4 fully saturated rings. The van der Waals surface area contributed by atoms with Crippen LogP contribution in [0.2, 0.25) is 0 Å². The fourth-order valence-electron chi connectivity index (χ4n) is 7.72. The zero-order valence-electron chi connectivity index (χ0n) is 19.7. The van der Waals surface area contributed by atoms with Gasteiger partial charge in [-0.05, 0) is 56.2 Å². The van der Waals surface area contributed by atoms with Crippen LogP contribution >= 0.6 is 0 Å². The van der Waals surface area contributed by atoms with Crippen molar-refractivity contribution in [3.05, 3.63) is 23.3 Å². The Bertz CT molecular complexity index is 1010. The van der Waals surface area contributed by atoms with Crippen molar-refractivity contribution in [3.63, 3.8) is 0 Å². The Hall–Kier alpha value is -1.87. The summed E-state index contributed by atoms with van der Waals surface area (Å²) in [6.45, 7) is 4.94. The molecule has 2 aliphatic carbocycles. The number of ether oxygens (including phenoxy) is 2. The standard InChI is InChI=1S/C26H35N3O5/c30-19-4-3-17-11-20-26(32)6-9-29(22(31)12-18-15-33-10-7-27-18)14-21-25(26,23(17)24(19)34-21)5-8-28(20)13-16-1-2-16/h3-4,16,18,20-21,27,30,32H,1-2,5-15H2/t18-,20+,21-,25+,26+/m0/s1. The highest BCUT2D eigenvalue weighted by atomic mass is 16.5. The highest BCUT2D eigenvalue weighted by Gasteiger charge is 2.71. The van der Waals surface area contributed by atoms with E-state index in [0.717, 1.165) is 44.0 Å². The monoisotopic (exact) mass is 469 g/mol. The van der Waals surface area contributed by atoms with Crippen molar-refractivity contribution in [2.24, 2.45) is 5.92 Å². The summed E-state index contributed by atoms with van der Waals surface area (Å²) < 4.78 is 12.0. The first-order valence-corrected chi connectivity index (χ1v) is 13.1. The third-order valence-corrected chi connectivity index (χ3v) is 9.56. The zero-order valence-corrected chi connectivity index (χ0v) is 19.7. The molecule has 4 aliphatic heterocycles. The van der Waals surface area contributed by atoms with Gasteiger partial charge >= 0.3 is 0 Å². The zero-order chi connectivity index (χ0) is 23.1. The number of phenols is 1. The molecule has 8 heteroatoms. The summed E-state index contributed by atoms with van der Waals surface area (Å²) in [5.41, 5.74) is 0.631. The van der Waals surface area contributed by atoms with Gasteiger partial charge in [-0.3, -0.25) is 9.69 Å². The van der Waals surface area contributed by atoms with Crippen molar-refractivity contribution < 1.29 is 24.5 Å². The number of hydrogen-bond acceptors (Lipinski definition) is 7. The average Bonchev–Trinajstić information content (AvgIpc) is 3.60. The van der Waals surface area contributed by atoms with E-state index < -0.39 is 11.0 Å². The van der Waals surface area contributed by atoms with Gasteiger partial charge in [-0.25, -0.2) is 0 Å². The molecule has 0 unspecified atom stereocenters. The summed E-state index contributed by atoms with van der Waals surface area (Å²) in [5.74, 6) is 1.50. The first-order valence-electron chi connectivity index (χ1n) is 13.1. The number of likely N-dealkylation sites (tertiary alicyclic amines) is 2. The highest BCUT2D eigenvalue weighted by molar-refractivity contribution is 5.77. The summed E-state index contributed by atoms with van der Waals surface area (Å²) in [5, 5.41) is 26.7. The fraction of sp³-hybridized carbons (Fsp3) is 0.731. The van der Waals surface area contributed by atoms with Gasteiger partial charge in [0.05, 0.1) is 30.8 Å². The summed E-state index contributed by atoms with van der Waals surface area (Å²) >= 11 is 0. The van der Waals surface area contributed by atoms with Crippen LogP contribution in [0, 0.1) is 5.92 Å². The molecule has 1 aromatic rings. The van der Waals surface area contributed by atoms with Gasteiger partial charge in [0.2, 0.25) is 5.91 Å². The molecule has 1 spiro atoms. The minimum Gasteiger partial charge on any atom is -0.504 e. The predicted octanol–water partition coefficient (Wildman–Crippen LogP) is 0.773. The number of carbonyl (C=O) groups excluding carboxylic acids is 1. The maximum absolute atomic E-state index is 13.4. The Morgan fingerprint density at radius 1 is 1.24 bits per heavy atom. The Morgan fingerprint density at radius 2 is 2.12 bits per heavy atom. The van der Waals surface area contributed by atoms with E-state index in [1.165, 1.54) is 18.4 Å². The van der Waals surface area contributed by atoms with Crippen LogP contribution in [-0.4, -0.2) is 95.6 Å². The number of amides is 1. The molecule has 5 atom stereocenters. The third kappa shape index (κ3) is 2.95. The number of hydrogen-bond donors (Lipinski definition) is 3. The number of nitrogens with zero attached hydrogens (tertiary/aromatic N) is 2. The molecule has 184 valence electrons. The maximum atomic E-state index is 13.4. The molecular formula is C26H35N3O5.